The van der Waals surface area contributed by atoms with E-state index < -0.39 is 0 Å². The SMILES string of the molecule is CC(C)n1cc(N)cc1C(=O)NCC1CCN(C)C1. The monoisotopic (exact) mass is 264 g/mol. The second-order valence-corrected chi connectivity index (χ2v) is 5.79. The summed E-state index contributed by atoms with van der Waals surface area (Å²) < 4.78 is 1.92. The van der Waals surface area contributed by atoms with Gasteiger partial charge in [0.15, 0.2) is 0 Å². The lowest BCUT2D eigenvalue weighted by Crippen LogP contribution is -2.32. The van der Waals surface area contributed by atoms with Gasteiger partial charge in [-0.1, -0.05) is 0 Å². The summed E-state index contributed by atoms with van der Waals surface area (Å²) in [7, 11) is 2.12. The second kappa shape index (κ2) is 5.65. The van der Waals surface area contributed by atoms with Gasteiger partial charge in [0, 0.05) is 25.3 Å². The first-order chi connectivity index (χ1) is 8.97. The topological polar surface area (TPSA) is 63.3 Å². The van der Waals surface area contributed by atoms with Crippen LogP contribution in [0.5, 0.6) is 0 Å². The minimum Gasteiger partial charge on any atom is -0.397 e. The summed E-state index contributed by atoms with van der Waals surface area (Å²) in [5, 5.41) is 3.03. The van der Waals surface area contributed by atoms with Crippen LogP contribution in [0.25, 0.3) is 0 Å². The van der Waals surface area contributed by atoms with Crippen LogP contribution in [0.4, 0.5) is 5.69 Å². The van der Waals surface area contributed by atoms with E-state index in [0.29, 0.717) is 17.3 Å². The standard InChI is InChI=1S/C14H24N4O/c1-10(2)18-9-12(15)6-13(18)14(19)16-7-11-4-5-17(3)8-11/h6,9-11H,4-5,7-8,15H2,1-3H3,(H,16,19). The van der Waals surface area contributed by atoms with E-state index in [0.717, 1.165) is 26.1 Å². The molecule has 0 radical (unpaired) electrons. The predicted octanol–water partition coefficient (Wildman–Crippen LogP) is 1.33. The third-order valence-electron chi connectivity index (χ3n) is 3.70. The fourth-order valence-electron chi connectivity index (χ4n) is 2.63. The molecule has 1 aromatic rings. The first kappa shape index (κ1) is 13.9. The Balaban J connectivity index is 1.96. The highest BCUT2D eigenvalue weighted by molar-refractivity contribution is 5.93. The number of likely N-dealkylation sites (tertiary alicyclic amines) is 1. The van der Waals surface area contributed by atoms with Gasteiger partial charge in [0.2, 0.25) is 0 Å². The van der Waals surface area contributed by atoms with Gasteiger partial charge in [-0.25, -0.2) is 0 Å². The van der Waals surface area contributed by atoms with E-state index in [4.69, 9.17) is 5.73 Å². The third-order valence-corrected chi connectivity index (χ3v) is 3.70. The number of nitrogens with zero attached hydrogens (tertiary/aromatic N) is 2. The van der Waals surface area contributed by atoms with Crippen molar-refractivity contribution in [1.29, 1.82) is 0 Å². The number of aromatic nitrogens is 1. The highest BCUT2D eigenvalue weighted by Gasteiger charge is 2.21. The summed E-state index contributed by atoms with van der Waals surface area (Å²) >= 11 is 0. The van der Waals surface area contributed by atoms with Gasteiger partial charge in [0.25, 0.3) is 5.91 Å². The quantitative estimate of drug-likeness (QED) is 0.862. The molecule has 1 aliphatic rings. The van der Waals surface area contributed by atoms with Crippen molar-refractivity contribution in [3.05, 3.63) is 18.0 Å². The van der Waals surface area contributed by atoms with Gasteiger partial charge in [-0.2, -0.15) is 0 Å². The highest BCUT2D eigenvalue weighted by atomic mass is 16.1. The maximum atomic E-state index is 12.2. The fraction of sp³-hybridized carbons (Fsp3) is 0.643. The molecular weight excluding hydrogens is 240 g/mol. The highest BCUT2D eigenvalue weighted by Crippen LogP contribution is 2.17. The molecule has 1 fully saturated rings. The third kappa shape index (κ3) is 3.29. The minimum atomic E-state index is -0.0278. The number of carbonyl (C=O) groups excluding carboxylic acids is 1. The molecule has 1 saturated heterocycles. The number of amides is 1. The molecule has 1 unspecified atom stereocenters. The lowest BCUT2D eigenvalue weighted by atomic mass is 10.1. The van der Waals surface area contributed by atoms with Crippen molar-refractivity contribution < 1.29 is 4.79 Å². The smallest absolute Gasteiger partial charge is 0.268 e. The molecule has 0 aromatic carbocycles. The van der Waals surface area contributed by atoms with E-state index in [1.807, 2.05) is 24.6 Å². The summed E-state index contributed by atoms with van der Waals surface area (Å²) in [6, 6.07) is 1.98. The molecule has 1 aliphatic heterocycles. The summed E-state index contributed by atoms with van der Waals surface area (Å²) in [5.74, 6) is 0.536. The first-order valence-electron chi connectivity index (χ1n) is 6.91. The molecule has 2 heterocycles. The van der Waals surface area contributed by atoms with Gasteiger partial charge in [0.1, 0.15) is 5.69 Å². The number of carbonyl (C=O) groups is 1. The molecule has 0 bridgehead atoms. The minimum absolute atomic E-state index is 0.0278. The predicted molar refractivity (Wildman–Crippen MR) is 77.2 cm³/mol. The molecule has 2 rings (SSSR count). The Morgan fingerprint density at radius 2 is 2.32 bits per heavy atom. The number of nitrogens with one attached hydrogen (secondary N) is 1. The average molecular weight is 264 g/mol. The lowest BCUT2D eigenvalue weighted by molar-refractivity contribution is 0.0937. The Bertz CT molecular complexity index is 452. The van der Waals surface area contributed by atoms with Crippen molar-refractivity contribution in [3.63, 3.8) is 0 Å². The van der Waals surface area contributed by atoms with E-state index in [9.17, 15) is 4.79 Å². The van der Waals surface area contributed by atoms with Gasteiger partial charge in [0.05, 0.1) is 5.69 Å². The molecular formula is C14H24N4O. The van der Waals surface area contributed by atoms with Gasteiger partial charge in [-0.3, -0.25) is 4.79 Å². The average Bonchev–Trinajstić information content (AvgIpc) is 2.92. The zero-order valence-electron chi connectivity index (χ0n) is 12.0. The largest absolute Gasteiger partial charge is 0.397 e. The van der Waals surface area contributed by atoms with Gasteiger partial charge in [-0.05, 0) is 45.8 Å². The van der Waals surface area contributed by atoms with Crippen LogP contribution in [0.1, 0.15) is 36.8 Å². The number of hydrogen-bond acceptors (Lipinski definition) is 3. The van der Waals surface area contributed by atoms with Gasteiger partial charge < -0.3 is 20.5 Å². The van der Waals surface area contributed by atoms with Crippen molar-refractivity contribution >= 4 is 11.6 Å². The second-order valence-electron chi connectivity index (χ2n) is 5.79. The molecule has 1 atom stereocenters. The van der Waals surface area contributed by atoms with Gasteiger partial charge in [-0.15, -0.1) is 0 Å². The van der Waals surface area contributed by atoms with E-state index in [1.54, 1.807) is 6.07 Å². The van der Waals surface area contributed by atoms with Crippen LogP contribution in [0.2, 0.25) is 0 Å². The van der Waals surface area contributed by atoms with Crippen molar-refractivity contribution in [1.82, 2.24) is 14.8 Å². The summed E-state index contributed by atoms with van der Waals surface area (Å²) in [6.45, 7) is 7.01. The Morgan fingerprint density at radius 3 is 2.89 bits per heavy atom. The van der Waals surface area contributed by atoms with Crippen molar-refractivity contribution in [2.75, 3.05) is 32.4 Å². The summed E-state index contributed by atoms with van der Waals surface area (Å²) in [6.07, 6.45) is 2.98. The number of rotatable bonds is 4. The maximum Gasteiger partial charge on any atom is 0.268 e. The number of nitrogens with two attached hydrogens (primary N) is 1. The van der Waals surface area contributed by atoms with Crippen LogP contribution < -0.4 is 11.1 Å². The zero-order chi connectivity index (χ0) is 14.0. The van der Waals surface area contributed by atoms with Crippen LogP contribution in [0.15, 0.2) is 12.3 Å². The van der Waals surface area contributed by atoms with Crippen molar-refractivity contribution in [2.45, 2.75) is 26.3 Å². The molecule has 0 aliphatic carbocycles. The van der Waals surface area contributed by atoms with Crippen LogP contribution in [0.3, 0.4) is 0 Å². The molecule has 0 saturated carbocycles. The van der Waals surface area contributed by atoms with E-state index in [1.165, 1.54) is 0 Å². The molecule has 5 heteroatoms. The molecule has 1 aromatic heterocycles. The van der Waals surface area contributed by atoms with Crippen molar-refractivity contribution in [2.24, 2.45) is 5.92 Å². The number of nitrogen functional groups attached to an aromatic ring is 1. The van der Waals surface area contributed by atoms with Crippen LogP contribution in [0, 0.1) is 5.92 Å². The summed E-state index contributed by atoms with van der Waals surface area (Å²) in [5.41, 5.74) is 7.07. The molecule has 106 valence electrons. The van der Waals surface area contributed by atoms with E-state index >= 15 is 0 Å². The molecule has 1 amide bonds. The Kier molecular flexibility index (Phi) is 4.14. The molecule has 19 heavy (non-hydrogen) atoms. The number of anilines is 1. The maximum absolute atomic E-state index is 12.2. The van der Waals surface area contributed by atoms with Gasteiger partial charge >= 0.3 is 0 Å². The Morgan fingerprint density at radius 1 is 1.58 bits per heavy atom. The summed E-state index contributed by atoms with van der Waals surface area (Å²) in [4.78, 5) is 14.5. The Labute approximate surface area is 114 Å². The normalized spacial score (nSPS) is 20.1. The fourth-order valence-corrected chi connectivity index (χ4v) is 2.63. The molecule has 3 N–H and O–H groups in total. The van der Waals surface area contributed by atoms with Crippen molar-refractivity contribution in [3.8, 4) is 0 Å². The van der Waals surface area contributed by atoms with Crippen LogP contribution in [-0.4, -0.2) is 42.1 Å². The van der Waals surface area contributed by atoms with Crippen LogP contribution >= 0.6 is 0 Å². The molecule has 0 spiro atoms. The number of hydrogen-bond donors (Lipinski definition) is 2. The first-order valence-corrected chi connectivity index (χ1v) is 6.91. The molecule has 5 nitrogen and oxygen atoms in total. The lowest BCUT2D eigenvalue weighted by Gasteiger charge is -2.14. The zero-order valence-corrected chi connectivity index (χ0v) is 12.0. The van der Waals surface area contributed by atoms with E-state index in [2.05, 4.69) is 17.3 Å². The van der Waals surface area contributed by atoms with Crippen LogP contribution in [-0.2, 0) is 0 Å². The Hall–Kier alpha value is -1.49. The van der Waals surface area contributed by atoms with E-state index in [-0.39, 0.29) is 11.9 Å².